The molecule has 2 radical (unpaired) electrons. The van der Waals surface area contributed by atoms with Crippen LogP contribution in [0.1, 0.15) is 25.3 Å². The van der Waals surface area contributed by atoms with Crippen molar-refractivity contribution in [2.45, 2.75) is 19.8 Å². The van der Waals surface area contributed by atoms with Crippen molar-refractivity contribution < 1.29 is 0 Å². The fraction of sp³-hybridized carbons (Fsp3) is 0.273. The van der Waals surface area contributed by atoms with Gasteiger partial charge in [0.1, 0.15) is 0 Å². The SMILES string of the molecule is [CH2]CC[C](C)c1ccccc1. The first-order valence-electron chi connectivity index (χ1n) is 4.01. The quantitative estimate of drug-likeness (QED) is 0.614. The van der Waals surface area contributed by atoms with Gasteiger partial charge in [-0.15, -0.1) is 0 Å². The van der Waals surface area contributed by atoms with E-state index in [1.165, 1.54) is 11.5 Å². The third-order valence-electron chi connectivity index (χ3n) is 1.82. The first-order chi connectivity index (χ1) is 5.34. The van der Waals surface area contributed by atoms with Gasteiger partial charge in [-0.2, -0.15) is 0 Å². The van der Waals surface area contributed by atoms with Crippen molar-refractivity contribution in [3.8, 4) is 0 Å². The standard InChI is InChI=1S/C11H14/c1-3-7-10(2)11-8-5-4-6-9-11/h4-6,8-9H,1,3,7H2,2H3. The van der Waals surface area contributed by atoms with Crippen LogP contribution >= 0.6 is 0 Å². The van der Waals surface area contributed by atoms with Crippen LogP contribution in [0.5, 0.6) is 0 Å². The normalized spacial score (nSPS) is 10.5. The third-order valence-corrected chi connectivity index (χ3v) is 1.82. The Hall–Kier alpha value is -0.780. The molecule has 1 aromatic rings. The molecule has 0 aliphatic carbocycles. The Labute approximate surface area is 69.3 Å². The average molecular weight is 146 g/mol. The molecule has 0 saturated heterocycles. The lowest BCUT2D eigenvalue weighted by molar-refractivity contribution is 0.877. The average Bonchev–Trinajstić information content (AvgIpc) is 2.07. The number of benzene rings is 1. The van der Waals surface area contributed by atoms with E-state index < -0.39 is 0 Å². The second kappa shape index (κ2) is 4.17. The third kappa shape index (κ3) is 2.38. The van der Waals surface area contributed by atoms with Crippen molar-refractivity contribution in [1.82, 2.24) is 0 Å². The van der Waals surface area contributed by atoms with Crippen LogP contribution in [0.15, 0.2) is 30.3 Å². The summed E-state index contributed by atoms with van der Waals surface area (Å²) in [6, 6.07) is 10.5. The van der Waals surface area contributed by atoms with E-state index in [1.807, 2.05) is 6.07 Å². The molecule has 11 heavy (non-hydrogen) atoms. The van der Waals surface area contributed by atoms with E-state index in [1.54, 1.807) is 0 Å². The monoisotopic (exact) mass is 146 g/mol. The van der Waals surface area contributed by atoms with Gasteiger partial charge in [0.2, 0.25) is 0 Å². The molecule has 0 atom stereocenters. The van der Waals surface area contributed by atoms with Gasteiger partial charge in [0.15, 0.2) is 0 Å². The van der Waals surface area contributed by atoms with Crippen molar-refractivity contribution in [1.29, 1.82) is 0 Å². The maximum Gasteiger partial charge on any atom is 0.00189 e. The Morgan fingerprint density at radius 2 is 1.91 bits per heavy atom. The summed E-state index contributed by atoms with van der Waals surface area (Å²) in [4.78, 5) is 0. The summed E-state index contributed by atoms with van der Waals surface area (Å²) in [6.07, 6.45) is 2.09. The van der Waals surface area contributed by atoms with Crippen LogP contribution < -0.4 is 0 Å². The highest BCUT2D eigenvalue weighted by Gasteiger charge is 2.02. The van der Waals surface area contributed by atoms with Gasteiger partial charge in [-0.25, -0.2) is 0 Å². The summed E-state index contributed by atoms with van der Waals surface area (Å²) in [5, 5.41) is 0. The number of rotatable bonds is 3. The van der Waals surface area contributed by atoms with E-state index in [4.69, 9.17) is 0 Å². The Morgan fingerprint density at radius 3 is 2.45 bits per heavy atom. The summed E-state index contributed by atoms with van der Waals surface area (Å²) in [7, 11) is 0. The van der Waals surface area contributed by atoms with Crippen molar-refractivity contribution in [3.05, 3.63) is 48.7 Å². The van der Waals surface area contributed by atoms with Gasteiger partial charge in [0.25, 0.3) is 0 Å². The minimum atomic E-state index is 0.987. The van der Waals surface area contributed by atoms with Gasteiger partial charge < -0.3 is 0 Å². The van der Waals surface area contributed by atoms with Crippen molar-refractivity contribution >= 4 is 0 Å². The van der Waals surface area contributed by atoms with Crippen LogP contribution in [-0.4, -0.2) is 0 Å². The van der Waals surface area contributed by atoms with E-state index in [0.717, 1.165) is 12.8 Å². The van der Waals surface area contributed by atoms with Crippen molar-refractivity contribution in [2.24, 2.45) is 0 Å². The fourth-order valence-corrected chi connectivity index (χ4v) is 1.13. The zero-order valence-corrected chi connectivity index (χ0v) is 7.01. The molecule has 0 bridgehead atoms. The second-order valence-corrected chi connectivity index (χ2v) is 2.75. The van der Waals surface area contributed by atoms with Crippen LogP contribution in [0, 0.1) is 12.8 Å². The zero-order chi connectivity index (χ0) is 8.10. The molecule has 0 saturated carbocycles. The summed E-state index contributed by atoms with van der Waals surface area (Å²) in [5.41, 5.74) is 1.34. The summed E-state index contributed by atoms with van der Waals surface area (Å²) in [6.45, 7) is 6.00. The van der Waals surface area contributed by atoms with Crippen LogP contribution in [0.4, 0.5) is 0 Å². The molecule has 1 rings (SSSR count). The minimum absolute atomic E-state index is 0.987. The van der Waals surface area contributed by atoms with Crippen LogP contribution in [0.2, 0.25) is 0 Å². The van der Waals surface area contributed by atoms with Gasteiger partial charge in [-0.3, -0.25) is 0 Å². The zero-order valence-electron chi connectivity index (χ0n) is 7.01. The Bertz CT molecular complexity index is 188. The lowest BCUT2D eigenvalue weighted by Gasteiger charge is -2.08. The van der Waals surface area contributed by atoms with Crippen LogP contribution in [0.3, 0.4) is 0 Å². The fourth-order valence-electron chi connectivity index (χ4n) is 1.13. The van der Waals surface area contributed by atoms with Gasteiger partial charge in [0, 0.05) is 5.92 Å². The molecule has 0 aromatic heterocycles. The highest BCUT2D eigenvalue weighted by Crippen LogP contribution is 2.17. The minimum Gasteiger partial charge on any atom is -0.0622 e. The first kappa shape index (κ1) is 8.32. The van der Waals surface area contributed by atoms with E-state index >= 15 is 0 Å². The molecule has 0 unspecified atom stereocenters. The molecule has 0 heterocycles. The molecular formula is C11H14. The van der Waals surface area contributed by atoms with Gasteiger partial charge in [0.05, 0.1) is 0 Å². The topological polar surface area (TPSA) is 0 Å². The van der Waals surface area contributed by atoms with E-state index in [-0.39, 0.29) is 0 Å². The predicted octanol–water partition coefficient (Wildman–Crippen LogP) is 3.24. The molecular weight excluding hydrogens is 132 g/mol. The smallest absolute Gasteiger partial charge is 0.00189 e. The predicted molar refractivity (Wildman–Crippen MR) is 49.1 cm³/mol. The van der Waals surface area contributed by atoms with Gasteiger partial charge >= 0.3 is 0 Å². The van der Waals surface area contributed by atoms with Crippen molar-refractivity contribution in [2.75, 3.05) is 0 Å². The molecule has 0 aliphatic heterocycles. The van der Waals surface area contributed by atoms with Crippen molar-refractivity contribution in [3.63, 3.8) is 0 Å². The molecule has 58 valence electrons. The second-order valence-electron chi connectivity index (χ2n) is 2.75. The lowest BCUT2D eigenvalue weighted by Crippen LogP contribution is -1.92. The lowest BCUT2D eigenvalue weighted by atomic mass is 9.97. The Morgan fingerprint density at radius 1 is 1.27 bits per heavy atom. The molecule has 0 heteroatoms. The largest absolute Gasteiger partial charge is 0.0622 e. The molecule has 1 aromatic carbocycles. The molecule has 0 fully saturated rings. The Kier molecular flexibility index (Phi) is 3.15. The number of hydrogen-bond acceptors (Lipinski definition) is 0. The highest BCUT2D eigenvalue weighted by atomic mass is 14.1. The van der Waals surface area contributed by atoms with E-state index in [9.17, 15) is 0 Å². The van der Waals surface area contributed by atoms with E-state index in [2.05, 4.69) is 38.1 Å². The van der Waals surface area contributed by atoms with Gasteiger partial charge in [-0.1, -0.05) is 50.6 Å². The summed E-state index contributed by atoms with van der Waals surface area (Å²) in [5.74, 6) is 1.43. The molecule has 0 aliphatic rings. The summed E-state index contributed by atoms with van der Waals surface area (Å²) < 4.78 is 0. The Balaban J connectivity index is 2.61. The maximum atomic E-state index is 3.83. The first-order valence-corrected chi connectivity index (χ1v) is 4.01. The molecule has 0 amide bonds. The molecule has 0 nitrogen and oxygen atoms in total. The molecule has 0 spiro atoms. The number of hydrogen-bond donors (Lipinski definition) is 0. The van der Waals surface area contributed by atoms with Crippen LogP contribution in [-0.2, 0) is 0 Å². The van der Waals surface area contributed by atoms with Crippen LogP contribution in [0.25, 0.3) is 0 Å². The highest BCUT2D eigenvalue weighted by molar-refractivity contribution is 5.28. The van der Waals surface area contributed by atoms with Gasteiger partial charge in [-0.05, 0) is 12.0 Å². The maximum absolute atomic E-state index is 3.83. The summed E-state index contributed by atoms with van der Waals surface area (Å²) >= 11 is 0. The molecule has 0 N–H and O–H groups in total. The van der Waals surface area contributed by atoms with E-state index in [0.29, 0.717) is 0 Å².